The van der Waals surface area contributed by atoms with Gasteiger partial charge in [-0.25, -0.2) is 12.8 Å². The molecule has 0 fully saturated rings. The molecule has 152 valence electrons. The lowest BCUT2D eigenvalue weighted by atomic mass is 10.2. The lowest BCUT2D eigenvalue weighted by Crippen LogP contribution is -2.40. The number of carbonyl (C=O) groups is 1. The van der Waals surface area contributed by atoms with E-state index in [0.29, 0.717) is 10.7 Å². The molecule has 0 N–H and O–H groups in total. The van der Waals surface area contributed by atoms with E-state index < -0.39 is 21.7 Å². The summed E-state index contributed by atoms with van der Waals surface area (Å²) in [6.07, 6.45) is 0. The van der Waals surface area contributed by atoms with Gasteiger partial charge in [-0.1, -0.05) is 17.7 Å². The topological polar surface area (TPSA) is 57.7 Å². The molecule has 0 radical (unpaired) electrons. The molecule has 0 saturated carbocycles. The summed E-state index contributed by atoms with van der Waals surface area (Å²) in [7, 11) is -2.52. The number of benzene rings is 2. The van der Waals surface area contributed by atoms with E-state index in [1.165, 1.54) is 71.8 Å². The molecule has 0 aliphatic carbocycles. The Morgan fingerprint density at radius 2 is 1.72 bits per heavy atom. The van der Waals surface area contributed by atoms with Gasteiger partial charge in [-0.3, -0.25) is 4.79 Å². The molecule has 1 aromatic heterocycles. The Labute approximate surface area is 178 Å². The highest BCUT2D eigenvalue weighted by molar-refractivity contribution is 7.89. The Bertz CT molecular complexity index is 1070. The lowest BCUT2D eigenvalue weighted by Gasteiger charge is -2.25. The van der Waals surface area contributed by atoms with Gasteiger partial charge in [0, 0.05) is 22.6 Å². The Balaban J connectivity index is 1.83. The highest BCUT2D eigenvalue weighted by atomic mass is 35.5. The highest BCUT2D eigenvalue weighted by Crippen LogP contribution is 2.22. The molecular weight excluding hydrogens is 435 g/mol. The molecule has 3 rings (SSSR count). The number of carbonyl (C=O) groups excluding carboxylic acids is 1. The van der Waals surface area contributed by atoms with Crippen LogP contribution >= 0.6 is 22.9 Å². The number of hydrogen-bond acceptors (Lipinski definition) is 4. The number of anilines is 1. The van der Waals surface area contributed by atoms with E-state index in [0.717, 1.165) is 9.18 Å². The maximum absolute atomic E-state index is 13.3. The highest BCUT2D eigenvalue weighted by Gasteiger charge is 2.26. The minimum atomic E-state index is -3.87. The predicted octanol–water partition coefficient (Wildman–Crippen LogP) is 4.39. The fourth-order valence-electron chi connectivity index (χ4n) is 2.65. The molecule has 2 aromatic carbocycles. The maximum Gasteiger partial charge on any atom is 0.243 e. The van der Waals surface area contributed by atoms with Crippen LogP contribution in [0.5, 0.6) is 0 Å². The third-order valence-electron chi connectivity index (χ3n) is 4.21. The minimum Gasteiger partial charge on any atom is -0.306 e. The number of amides is 1. The van der Waals surface area contributed by atoms with Gasteiger partial charge in [-0.05, 0) is 60.0 Å². The lowest BCUT2D eigenvalue weighted by molar-refractivity contribution is -0.118. The van der Waals surface area contributed by atoms with Crippen molar-refractivity contribution in [1.82, 2.24) is 4.31 Å². The first-order valence-electron chi connectivity index (χ1n) is 8.57. The third kappa shape index (κ3) is 5.22. The molecule has 3 aromatic rings. The number of nitrogens with zero attached hydrogens (tertiary/aromatic N) is 2. The van der Waals surface area contributed by atoms with Crippen molar-refractivity contribution in [2.24, 2.45) is 0 Å². The van der Waals surface area contributed by atoms with Gasteiger partial charge in [-0.2, -0.15) is 4.31 Å². The molecule has 0 spiro atoms. The molecule has 0 saturated heterocycles. The number of hydrogen-bond donors (Lipinski definition) is 0. The average molecular weight is 453 g/mol. The standard InChI is InChI=1S/C20H18ClFN2O3S2/c1-23(29(26,27)19-10-4-15(21)5-11-19)14-20(25)24(13-18-3-2-12-28-18)17-8-6-16(22)7-9-17/h2-12H,13-14H2,1H3. The first-order valence-corrected chi connectivity index (χ1v) is 11.3. The van der Waals surface area contributed by atoms with Crippen LogP contribution < -0.4 is 4.90 Å². The molecule has 1 heterocycles. The van der Waals surface area contributed by atoms with Gasteiger partial charge in [-0.15, -0.1) is 11.3 Å². The predicted molar refractivity (Wildman–Crippen MR) is 113 cm³/mol. The molecule has 0 aliphatic heterocycles. The van der Waals surface area contributed by atoms with Crippen molar-refractivity contribution in [3.63, 3.8) is 0 Å². The molecule has 1 amide bonds. The maximum atomic E-state index is 13.3. The molecule has 0 unspecified atom stereocenters. The van der Waals surface area contributed by atoms with E-state index in [-0.39, 0.29) is 18.0 Å². The van der Waals surface area contributed by atoms with Gasteiger partial charge in [0.25, 0.3) is 0 Å². The fourth-order valence-corrected chi connectivity index (χ4v) is 4.59. The molecular formula is C20H18ClFN2O3S2. The zero-order valence-corrected chi connectivity index (χ0v) is 17.8. The average Bonchev–Trinajstić information content (AvgIpc) is 3.20. The van der Waals surface area contributed by atoms with Gasteiger partial charge >= 0.3 is 0 Å². The van der Waals surface area contributed by atoms with Crippen LogP contribution in [-0.2, 0) is 21.4 Å². The second kappa shape index (κ2) is 9.04. The van der Waals surface area contributed by atoms with Crippen LogP contribution in [0.4, 0.5) is 10.1 Å². The molecule has 0 atom stereocenters. The minimum absolute atomic E-state index is 0.0452. The second-order valence-corrected chi connectivity index (χ2v) is 9.76. The fraction of sp³-hybridized carbons (Fsp3) is 0.150. The van der Waals surface area contributed by atoms with Gasteiger partial charge in [0.05, 0.1) is 18.0 Å². The Kier molecular flexibility index (Phi) is 6.69. The summed E-state index contributed by atoms with van der Waals surface area (Å²) >= 11 is 7.30. The summed E-state index contributed by atoms with van der Waals surface area (Å²) in [5.41, 5.74) is 0.488. The van der Waals surface area contributed by atoms with E-state index in [1.54, 1.807) is 0 Å². The molecule has 29 heavy (non-hydrogen) atoms. The number of thiophene rings is 1. The van der Waals surface area contributed by atoms with E-state index in [4.69, 9.17) is 11.6 Å². The first kappa shape index (κ1) is 21.4. The van der Waals surface area contributed by atoms with Crippen LogP contribution in [-0.4, -0.2) is 32.2 Å². The van der Waals surface area contributed by atoms with Gasteiger partial charge in [0.15, 0.2) is 0 Å². The zero-order chi connectivity index (χ0) is 21.0. The SMILES string of the molecule is CN(CC(=O)N(Cc1cccs1)c1ccc(F)cc1)S(=O)(=O)c1ccc(Cl)cc1. The normalized spacial score (nSPS) is 11.6. The van der Waals surface area contributed by atoms with E-state index in [1.807, 2.05) is 17.5 Å². The number of sulfonamides is 1. The second-order valence-electron chi connectivity index (χ2n) is 6.25. The van der Waals surface area contributed by atoms with Crippen LogP contribution in [0.15, 0.2) is 70.9 Å². The van der Waals surface area contributed by atoms with Crippen molar-refractivity contribution in [3.8, 4) is 0 Å². The van der Waals surface area contributed by atoms with Crippen molar-refractivity contribution < 1.29 is 17.6 Å². The summed E-state index contributed by atoms with van der Waals surface area (Å²) in [5, 5.41) is 2.31. The van der Waals surface area contributed by atoms with Crippen LogP contribution in [0.3, 0.4) is 0 Å². The Morgan fingerprint density at radius 1 is 1.07 bits per heavy atom. The number of halogens is 2. The first-order chi connectivity index (χ1) is 13.8. The van der Waals surface area contributed by atoms with Gasteiger partial charge in [0.1, 0.15) is 5.82 Å². The third-order valence-corrected chi connectivity index (χ3v) is 7.14. The van der Waals surface area contributed by atoms with Crippen molar-refractivity contribution in [2.75, 3.05) is 18.5 Å². The largest absolute Gasteiger partial charge is 0.306 e. The summed E-state index contributed by atoms with van der Waals surface area (Å²) in [4.78, 5) is 15.4. The van der Waals surface area contributed by atoms with Crippen molar-refractivity contribution in [1.29, 1.82) is 0 Å². The van der Waals surface area contributed by atoms with Crippen LogP contribution in [0.25, 0.3) is 0 Å². The Morgan fingerprint density at radius 3 is 2.31 bits per heavy atom. The summed E-state index contributed by atoms with van der Waals surface area (Å²) in [6, 6.07) is 15.0. The monoisotopic (exact) mass is 452 g/mol. The zero-order valence-electron chi connectivity index (χ0n) is 15.5. The molecule has 0 aliphatic rings. The van der Waals surface area contributed by atoms with Crippen molar-refractivity contribution in [2.45, 2.75) is 11.4 Å². The van der Waals surface area contributed by atoms with Crippen molar-refractivity contribution >= 4 is 44.6 Å². The van der Waals surface area contributed by atoms with Gasteiger partial charge in [0.2, 0.25) is 15.9 Å². The van der Waals surface area contributed by atoms with Crippen LogP contribution in [0.2, 0.25) is 5.02 Å². The summed E-state index contributed by atoms with van der Waals surface area (Å²) < 4.78 is 39.8. The molecule has 0 bridgehead atoms. The number of likely N-dealkylation sites (N-methyl/N-ethyl adjacent to an activating group) is 1. The Hall–Kier alpha value is -2.26. The van der Waals surface area contributed by atoms with Crippen LogP contribution in [0, 0.1) is 5.82 Å². The quantitative estimate of drug-likeness (QED) is 0.534. The number of rotatable bonds is 7. The molecule has 9 heteroatoms. The van der Waals surface area contributed by atoms with E-state index in [9.17, 15) is 17.6 Å². The van der Waals surface area contributed by atoms with Crippen molar-refractivity contribution in [3.05, 3.63) is 81.8 Å². The molecule has 5 nitrogen and oxygen atoms in total. The summed E-state index contributed by atoms with van der Waals surface area (Å²) in [6.45, 7) is -0.106. The van der Waals surface area contributed by atoms with E-state index >= 15 is 0 Å². The smallest absolute Gasteiger partial charge is 0.243 e. The summed E-state index contributed by atoms with van der Waals surface area (Å²) in [5.74, 6) is -0.843. The van der Waals surface area contributed by atoms with Gasteiger partial charge < -0.3 is 4.90 Å². The van der Waals surface area contributed by atoms with E-state index in [2.05, 4.69) is 0 Å². The van der Waals surface area contributed by atoms with Crippen LogP contribution in [0.1, 0.15) is 4.88 Å².